The molecule has 2 aromatic rings. The molecule has 0 spiro atoms. The van der Waals surface area contributed by atoms with E-state index in [1.807, 2.05) is 0 Å². The van der Waals surface area contributed by atoms with Crippen molar-refractivity contribution in [3.63, 3.8) is 0 Å². The number of hydrogen-bond donors (Lipinski definition) is 1. The van der Waals surface area contributed by atoms with E-state index in [-0.39, 0.29) is 5.41 Å². The Hall–Kier alpha value is -2.49. The van der Waals surface area contributed by atoms with E-state index >= 15 is 0 Å². The number of hydrogen-bond acceptors (Lipinski definition) is 3. The number of carboxylic acids is 1. The molecule has 0 bridgehead atoms. The molecule has 4 nitrogen and oxygen atoms in total. The van der Waals surface area contributed by atoms with Gasteiger partial charge in [0.05, 0.1) is 0 Å². The van der Waals surface area contributed by atoms with Gasteiger partial charge in [0.25, 0.3) is 0 Å². The SMILES string of the molecule is CCN(CC)c1cccc(CCC(C)(C)c2cccc(N(CC)CCC3CC4C5CCC(C(C)CCC(=O)O)C5(C)CCC4C4(C)CCCCC34)c2)c1. The summed E-state index contributed by atoms with van der Waals surface area (Å²) < 4.78 is 0. The van der Waals surface area contributed by atoms with Crippen molar-refractivity contribution in [2.75, 3.05) is 36.0 Å². The summed E-state index contributed by atoms with van der Waals surface area (Å²) in [5, 5.41) is 9.44. The van der Waals surface area contributed by atoms with E-state index in [9.17, 15) is 9.90 Å². The van der Waals surface area contributed by atoms with Crippen LogP contribution >= 0.6 is 0 Å². The van der Waals surface area contributed by atoms with E-state index in [0.717, 1.165) is 75.0 Å². The van der Waals surface area contributed by atoms with Gasteiger partial charge in [-0.3, -0.25) is 4.79 Å². The molecule has 4 fully saturated rings. The lowest BCUT2D eigenvalue weighted by Crippen LogP contribution is -2.56. The largest absolute Gasteiger partial charge is 0.481 e. The molecule has 0 heterocycles. The zero-order valence-electron chi connectivity index (χ0n) is 35.1. The van der Waals surface area contributed by atoms with E-state index in [1.54, 1.807) is 0 Å². The number of anilines is 2. The molecule has 2 aromatic carbocycles. The van der Waals surface area contributed by atoms with Gasteiger partial charge in [0.1, 0.15) is 0 Å². The maximum atomic E-state index is 11.5. The van der Waals surface area contributed by atoms with Crippen LogP contribution in [-0.4, -0.2) is 37.3 Å². The van der Waals surface area contributed by atoms with Crippen LogP contribution < -0.4 is 9.80 Å². The quantitative estimate of drug-likeness (QED) is 0.187. The second kappa shape index (κ2) is 16.7. The third-order valence-electron chi connectivity index (χ3n) is 16.6. The van der Waals surface area contributed by atoms with Gasteiger partial charge in [0.2, 0.25) is 0 Å². The number of aliphatic carboxylic acids is 1. The highest BCUT2D eigenvalue weighted by Crippen LogP contribution is 2.69. The Morgan fingerprint density at radius 3 is 2.26 bits per heavy atom. The highest BCUT2D eigenvalue weighted by molar-refractivity contribution is 5.66. The molecule has 294 valence electrons. The van der Waals surface area contributed by atoms with E-state index in [4.69, 9.17) is 0 Å². The minimum Gasteiger partial charge on any atom is -0.481 e. The van der Waals surface area contributed by atoms with Crippen LogP contribution in [0.1, 0.15) is 150 Å². The Morgan fingerprint density at radius 2 is 1.55 bits per heavy atom. The fraction of sp³-hybridized carbons (Fsp3) is 0.735. The lowest BCUT2D eigenvalue weighted by Gasteiger charge is -2.63. The van der Waals surface area contributed by atoms with Crippen LogP contribution in [0.25, 0.3) is 0 Å². The van der Waals surface area contributed by atoms with Crippen molar-refractivity contribution in [2.45, 2.75) is 151 Å². The second-order valence-corrected chi connectivity index (χ2v) is 19.5. The average molecular weight is 725 g/mol. The molecule has 4 saturated carbocycles. The Bertz CT molecular complexity index is 1510. The molecule has 9 atom stereocenters. The number of nitrogens with zero attached hydrogens (tertiary/aromatic N) is 2. The summed E-state index contributed by atoms with van der Waals surface area (Å²) in [5.74, 6) is 4.81. The van der Waals surface area contributed by atoms with Crippen LogP contribution in [-0.2, 0) is 16.6 Å². The van der Waals surface area contributed by atoms with Gasteiger partial charge < -0.3 is 14.9 Å². The highest BCUT2D eigenvalue weighted by Gasteiger charge is 2.61. The molecular weight excluding hydrogens is 649 g/mol. The standard InChI is InChI=1S/C49H76N2O2/c1-9-50(10-2)39-18-14-16-36(32-39)25-29-47(5,6)38-17-15-19-40(34-38)51(11-3)31-27-37-33-41-44-23-22-42(35(4)21-24-46(52)53)49(44,8)30-26-45(41)48(7)28-13-12-20-43(37)48/h14-19,32,34-35,37,41-45H,9-13,20-31,33H2,1-8H3,(H,52,53). The molecule has 6 rings (SSSR count). The van der Waals surface area contributed by atoms with E-state index in [1.165, 1.54) is 86.7 Å². The maximum Gasteiger partial charge on any atom is 0.303 e. The molecule has 0 aliphatic heterocycles. The van der Waals surface area contributed by atoms with E-state index in [0.29, 0.717) is 29.1 Å². The van der Waals surface area contributed by atoms with Crippen LogP contribution in [0.4, 0.5) is 11.4 Å². The van der Waals surface area contributed by atoms with Crippen molar-refractivity contribution in [1.29, 1.82) is 0 Å². The topological polar surface area (TPSA) is 43.8 Å². The average Bonchev–Trinajstić information content (AvgIpc) is 3.51. The number of benzene rings is 2. The minimum atomic E-state index is -0.629. The number of carbonyl (C=O) groups is 1. The van der Waals surface area contributed by atoms with Crippen molar-refractivity contribution in [2.24, 2.45) is 52.3 Å². The van der Waals surface area contributed by atoms with Crippen LogP contribution in [0.3, 0.4) is 0 Å². The van der Waals surface area contributed by atoms with Crippen LogP contribution in [0, 0.1) is 52.3 Å². The third-order valence-corrected chi connectivity index (χ3v) is 16.6. The maximum absolute atomic E-state index is 11.5. The van der Waals surface area contributed by atoms with Crippen LogP contribution in [0.5, 0.6) is 0 Å². The lowest BCUT2D eigenvalue weighted by atomic mass is 9.42. The Balaban J connectivity index is 1.15. The molecule has 4 aliphatic rings. The van der Waals surface area contributed by atoms with Crippen LogP contribution in [0.15, 0.2) is 48.5 Å². The minimum absolute atomic E-state index is 0.0980. The summed E-state index contributed by atoms with van der Waals surface area (Å²) in [6.45, 7) is 23.8. The summed E-state index contributed by atoms with van der Waals surface area (Å²) >= 11 is 0. The predicted molar refractivity (Wildman–Crippen MR) is 225 cm³/mol. The Labute approximate surface area is 324 Å². The fourth-order valence-electron chi connectivity index (χ4n) is 13.4. The molecule has 0 saturated heterocycles. The Kier molecular flexibility index (Phi) is 12.7. The monoisotopic (exact) mass is 725 g/mol. The normalized spacial score (nSPS) is 31.6. The molecule has 4 aliphatic carbocycles. The van der Waals surface area contributed by atoms with Gasteiger partial charge in [-0.05, 0) is 184 Å². The molecule has 4 heteroatoms. The van der Waals surface area contributed by atoms with Gasteiger partial charge in [0, 0.05) is 44.0 Å². The number of fused-ring (bicyclic) bond motifs is 5. The van der Waals surface area contributed by atoms with Gasteiger partial charge in [0.15, 0.2) is 0 Å². The van der Waals surface area contributed by atoms with Gasteiger partial charge in [-0.2, -0.15) is 0 Å². The predicted octanol–water partition coefficient (Wildman–Crippen LogP) is 12.4. The molecule has 0 aromatic heterocycles. The van der Waals surface area contributed by atoms with Gasteiger partial charge in [-0.1, -0.05) is 71.7 Å². The zero-order chi connectivity index (χ0) is 38.0. The first-order valence-electron chi connectivity index (χ1n) is 22.3. The molecule has 0 amide bonds. The van der Waals surface area contributed by atoms with Gasteiger partial charge >= 0.3 is 5.97 Å². The summed E-state index contributed by atoms with van der Waals surface area (Å²) in [6.07, 6.45) is 17.3. The first-order valence-corrected chi connectivity index (χ1v) is 22.3. The first kappa shape index (κ1) is 40.2. The first-order chi connectivity index (χ1) is 25.3. The molecular formula is C49H76N2O2. The zero-order valence-corrected chi connectivity index (χ0v) is 35.1. The van der Waals surface area contributed by atoms with Crippen molar-refractivity contribution >= 4 is 17.3 Å². The fourth-order valence-corrected chi connectivity index (χ4v) is 13.4. The smallest absolute Gasteiger partial charge is 0.303 e. The van der Waals surface area contributed by atoms with E-state index < -0.39 is 5.97 Å². The summed E-state index contributed by atoms with van der Waals surface area (Å²) in [4.78, 5) is 16.6. The molecule has 53 heavy (non-hydrogen) atoms. The number of rotatable bonds is 16. The summed E-state index contributed by atoms with van der Waals surface area (Å²) in [6, 6.07) is 18.8. The highest BCUT2D eigenvalue weighted by atomic mass is 16.4. The van der Waals surface area contributed by atoms with Crippen molar-refractivity contribution in [3.8, 4) is 0 Å². The van der Waals surface area contributed by atoms with Crippen molar-refractivity contribution in [1.82, 2.24) is 0 Å². The van der Waals surface area contributed by atoms with Crippen molar-refractivity contribution < 1.29 is 9.90 Å². The van der Waals surface area contributed by atoms with Gasteiger partial charge in [-0.25, -0.2) is 0 Å². The summed E-state index contributed by atoms with van der Waals surface area (Å²) in [7, 11) is 0. The molecule has 1 N–H and O–H groups in total. The second-order valence-electron chi connectivity index (χ2n) is 19.5. The molecule has 9 unspecified atom stereocenters. The lowest BCUT2D eigenvalue weighted by molar-refractivity contribution is -0.140. The number of carboxylic acid groups (broad SMARTS) is 1. The van der Waals surface area contributed by atoms with Crippen molar-refractivity contribution in [3.05, 3.63) is 59.7 Å². The Morgan fingerprint density at radius 1 is 0.849 bits per heavy atom. The van der Waals surface area contributed by atoms with Gasteiger partial charge in [-0.15, -0.1) is 0 Å². The van der Waals surface area contributed by atoms with E-state index in [2.05, 4.69) is 114 Å². The third kappa shape index (κ3) is 8.23. The van der Waals surface area contributed by atoms with Crippen LogP contribution in [0.2, 0.25) is 0 Å². The number of aryl methyl sites for hydroxylation is 1. The molecule has 0 radical (unpaired) electrons. The summed E-state index contributed by atoms with van der Waals surface area (Å²) in [5.41, 5.74) is 6.63.